The van der Waals surface area contributed by atoms with Crippen molar-refractivity contribution < 1.29 is 23.9 Å². The van der Waals surface area contributed by atoms with Gasteiger partial charge in [0.15, 0.2) is 5.01 Å². The number of ether oxygens (including phenoxy) is 1. The topological polar surface area (TPSA) is 118 Å². The Bertz CT molecular complexity index is 1290. The average Bonchev–Trinajstić information content (AvgIpc) is 3.67. The molecular formula is C29H32N4O5S2. The van der Waals surface area contributed by atoms with Crippen LogP contribution in [0, 0.1) is 11.8 Å². The molecule has 1 aliphatic heterocycles. The second kappa shape index (κ2) is 14.1. The van der Waals surface area contributed by atoms with Crippen LogP contribution in [0.1, 0.15) is 34.8 Å². The van der Waals surface area contributed by atoms with E-state index in [4.69, 9.17) is 4.74 Å². The van der Waals surface area contributed by atoms with Gasteiger partial charge in [0, 0.05) is 17.3 Å². The summed E-state index contributed by atoms with van der Waals surface area (Å²) in [5, 5.41) is 7.58. The van der Waals surface area contributed by atoms with Crippen LogP contribution < -0.4 is 10.6 Å². The van der Waals surface area contributed by atoms with E-state index in [9.17, 15) is 19.2 Å². The maximum absolute atomic E-state index is 13.6. The van der Waals surface area contributed by atoms with Crippen LogP contribution in [-0.4, -0.2) is 57.4 Å². The zero-order valence-electron chi connectivity index (χ0n) is 22.3. The lowest BCUT2D eigenvalue weighted by Crippen LogP contribution is -2.57. The maximum atomic E-state index is 13.6. The fraction of sp³-hybridized carbons (Fsp3) is 0.345. The van der Waals surface area contributed by atoms with Crippen LogP contribution in [0.5, 0.6) is 0 Å². The van der Waals surface area contributed by atoms with Gasteiger partial charge in [-0.15, -0.1) is 23.1 Å². The van der Waals surface area contributed by atoms with E-state index in [-0.39, 0.29) is 35.6 Å². The van der Waals surface area contributed by atoms with Crippen molar-refractivity contribution in [2.24, 2.45) is 11.8 Å². The van der Waals surface area contributed by atoms with Gasteiger partial charge in [0.25, 0.3) is 0 Å². The van der Waals surface area contributed by atoms with E-state index in [1.165, 1.54) is 34.2 Å². The molecule has 4 rings (SSSR count). The van der Waals surface area contributed by atoms with Gasteiger partial charge in [-0.1, -0.05) is 74.5 Å². The molecule has 0 unspecified atom stereocenters. The number of hydrogen-bond acceptors (Lipinski definition) is 8. The van der Waals surface area contributed by atoms with Crippen molar-refractivity contribution in [1.82, 2.24) is 20.5 Å². The number of rotatable bonds is 11. The van der Waals surface area contributed by atoms with Gasteiger partial charge in [-0.25, -0.2) is 9.78 Å². The van der Waals surface area contributed by atoms with Crippen LogP contribution >= 0.6 is 23.1 Å². The first kappa shape index (κ1) is 29.3. The van der Waals surface area contributed by atoms with Crippen LogP contribution in [0.25, 0.3) is 0 Å². The number of thioether (sulfide) groups is 1. The minimum absolute atomic E-state index is 0.0832. The van der Waals surface area contributed by atoms with Crippen LogP contribution in [0.4, 0.5) is 4.79 Å². The van der Waals surface area contributed by atoms with Crippen molar-refractivity contribution in [2.75, 3.05) is 11.6 Å². The lowest BCUT2D eigenvalue weighted by molar-refractivity contribution is -0.136. The van der Waals surface area contributed by atoms with Crippen LogP contribution in [0.2, 0.25) is 0 Å². The maximum Gasteiger partial charge on any atom is 0.408 e. The average molecular weight is 581 g/mol. The standard InChI is InChI=1S/C29H32N4O5S2/c1-19(2)24(32-29(37)38-16-21-11-7-4-8-12-21)28(36)33-18-39-17-23(33)31-26(35)22(15-20-9-5-3-6-10-20)25(34)27-30-13-14-40-27/h3-14,19,22-24H,15-18H2,1-2H3,(H,31,35)(H,32,37)/t22-,23+,24-/m0/s1. The Labute approximate surface area is 241 Å². The quantitative estimate of drug-likeness (QED) is 0.259. The number of carbonyl (C=O) groups excluding carboxylic acids is 4. The molecule has 0 spiro atoms. The number of carbonyl (C=O) groups is 4. The highest BCUT2D eigenvalue weighted by Gasteiger charge is 2.39. The molecule has 11 heteroatoms. The number of nitrogens with zero attached hydrogens (tertiary/aromatic N) is 2. The van der Waals surface area contributed by atoms with Crippen LogP contribution in [0.3, 0.4) is 0 Å². The van der Waals surface area contributed by atoms with Gasteiger partial charge >= 0.3 is 6.09 Å². The SMILES string of the molecule is CC(C)[C@H](NC(=O)OCc1ccccc1)C(=O)N1CSC[C@@H]1NC(=O)[C@@H](Cc1ccccc1)C(=O)c1nccs1. The summed E-state index contributed by atoms with van der Waals surface area (Å²) >= 11 is 2.68. The van der Waals surface area contributed by atoms with Gasteiger partial charge in [0.1, 0.15) is 24.7 Å². The van der Waals surface area contributed by atoms with Crippen LogP contribution in [-0.2, 0) is 27.4 Å². The Morgan fingerprint density at radius 2 is 1.70 bits per heavy atom. The third-order valence-electron chi connectivity index (χ3n) is 6.45. The summed E-state index contributed by atoms with van der Waals surface area (Å²) in [7, 11) is 0. The van der Waals surface area contributed by atoms with Crippen molar-refractivity contribution >= 4 is 46.8 Å². The van der Waals surface area contributed by atoms with E-state index >= 15 is 0 Å². The number of benzene rings is 2. The molecule has 3 amide bonds. The third-order valence-corrected chi connectivity index (χ3v) is 8.25. The third kappa shape index (κ3) is 7.70. The van der Waals surface area contributed by atoms with E-state index in [1.54, 1.807) is 5.38 Å². The molecule has 0 bridgehead atoms. The number of alkyl carbamates (subject to hydrolysis) is 1. The monoisotopic (exact) mass is 580 g/mol. The predicted octanol–water partition coefficient (Wildman–Crippen LogP) is 4.11. The molecule has 1 aliphatic rings. The number of ketones is 1. The summed E-state index contributed by atoms with van der Waals surface area (Å²) in [6, 6.07) is 17.7. The zero-order chi connectivity index (χ0) is 28.5. The number of amides is 3. The molecule has 0 radical (unpaired) electrons. The van der Waals surface area contributed by atoms with Gasteiger partial charge in [-0.2, -0.15) is 0 Å². The lowest BCUT2D eigenvalue weighted by atomic mass is 9.94. The van der Waals surface area contributed by atoms with Crippen molar-refractivity contribution in [1.29, 1.82) is 0 Å². The van der Waals surface area contributed by atoms with Gasteiger partial charge in [0.2, 0.25) is 17.6 Å². The van der Waals surface area contributed by atoms with Gasteiger partial charge < -0.3 is 20.3 Å². The first-order chi connectivity index (χ1) is 19.3. The van der Waals surface area contributed by atoms with Gasteiger partial charge in [-0.3, -0.25) is 14.4 Å². The highest BCUT2D eigenvalue weighted by atomic mass is 32.2. The van der Waals surface area contributed by atoms with Crippen molar-refractivity contribution in [3.8, 4) is 0 Å². The summed E-state index contributed by atoms with van der Waals surface area (Å²) in [6.07, 6.45) is 0.423. The lowest BCUT2D eigenvalue weighted by Gasteiger charge is -2.31. The molecular weight excluding hydrogens is 548 g/mol. The van der Waals surface area contributed by atoms with Gasteiger partial charge in [0.05, 0.1) is 5.88 Å². The van der Waals surface area contributed by atoms with Gasteiger partial charge in [-0.05, 0) is 23.5 Å². The summed E-state index contributed by atoms with van der Waals surface area (Å²) in [5.74, 6) is -1.57. The second-order valence-electron chi connectivity index (χ2n) is 9.70. The molecule has 1 saturated heterocycles. The number of nitrogens with one attached hydrogen (secondary N) is 2. The molecule has 2 N–H and O–H groups in total. The summed E-state index contributed by atoms with van der Waals surface area (Å²) in [5.41, 5.74) is 1.68. The molecule has 40 heavy (non-hydrogen) atoms. The van der Waals surface area contributed by atoms with E-state index in [2.05, 4.69) is 15.6 Å². The predicted molar refractivity (Wildman–Crippen MR) is 155 cm³/mol. The molecule has 1 fully saturated rings. The smallest absolute Gasteiger partial charge is 0.408 e. The molecule has 2 aromatic carbocycles. The van der Waals surface area contributed by atoms with Crippen molar-refractivity contribution in [3.63, 3.8) is 0 Å². The molecule has 3 atom stereocenters. The second-order valence-corrected chi connectivity index (χ2v) is 11.6. The molecule has 0 saturated carbocycles. The van der Waals surface area contributed by atoms with E-state index in [1.807, 2.05) is 74.5 Å². The molecule has 2 heterocycles. The molecule has 3 aromatic rings. The summed E-state index contributed by atoms with van der Waals surface area (Å²) < 4.78 is 5.32. The summed E-state index contributed by atoms with van der Waals surface area (Å²) in [4.78, 5) is 58.6. The molecule has 9 nitrogen and oxygen atoms in total. The van der Waals surface area contributed by atoms with E-state index < -0.39 is 30.1 Å². The number of Topliss-reactive ketones (excluding diaryl/α,β-unsaturated/α-hetero) is 1. The molecule has 0 aliphatic carbocycles. The number of hydrogen-bond donors (Lipinski definition) is 2. The van der Waals surface area contributed by atoms with Crippen molar-refractivity contribution in [2.45, 2.75) is 39.1 Å². The largest absolute Gasteiger partial charge is 0.445 e. The highest BCUT2D eigenvalue weighted by molar-refractivity contribution is 7.99. The van der Waals surface area contributed by atoms with Crippen LogP contribution in [0.15, 0.2) is 72.2 Å². The van der Waals surface area contributed by atoms with Crippen molar-refractivity contribution in [3.05, 3.63) is 88.4 Å². The Kier molecular flexibility index (Phi) is 10.3. The molecule has 1 aromatic heterocycles. The minimum Gasteiger partial charge on any atom is -0.445 e. The first-order valence-corrected chi connectivity index (χ1v) is 15.0. The Morgan fingerprint density at radius 1 is 1.02 bits per heavy atom. The Morgan fingerprint density at radius 3 is 2.33 bits per heavy atom. The fourth-order valence-corrected chi connectivity index (χ4v) is 6.00. The fourth-order valence-electron chi connectivity index (χ4n) is 4.28. The highest BCUT2D eigenvalue weighted by Crippen LogP contribution is 2.24. The zero-order valence-corrected chi connectivity index (χ0v) is 24.0. The Hall–Kier alpha value is -3.70. The van der Waals surface area contributed by atoms with E-state index in [0.29, 0.717) is 11.6 Å². The summed E-state index contributed by atoms with van der Waals surface area (Å²) in [6.45, 7) is 3.75. The molecule has 210 valence electrons. The normalized spacial score (nSPS) is 16.3. The van der Waals surface area contributed by atoms with E-state index in [0.717, 1.165) is 11.1 Å². The number of aromatic nitrogens is 1. The first-order valence-electron chi connectivity index (χ1n) is 13.0. The Balaban J connectivity index is 1.43. The number of thiazole rings is 1. The minimum atomic E-state index is -0.997.